The summed E-state index contributed by atoms with van der Waals surface area (Å²) in [5.41, 5.74) is 1.62. The number of aromatic amines is 1. The number of rotatable bonds is 7. The first-order valence-corrected chi connectivity index (χ1v) is 9.25. The van der Waals surface area contributed by atoms with Gasteiger partial charge in [-0.15, -0.1) is 0 Å². The maximum absolute atomic E-state index is 12.5. The van der Waals surface area contributed by atoms with E-state index in [1.807, 2.05) is 54.6 Å². The Morgan fingerprint density at radius 3 is 2.46 bits per heavy atom. The molecule has 144 valence electrons. The summed E-state index contributed by atoms with van der Waals surface area (Å²) in [6, 6.07) is 18.3. The molecule has 0 aliphatic rings. The molecule has 0 radical (unpaired) electrons. The van der Waals surface area contributed by atoms with Gasteiger partial charge in [0.2, 0.25) is 11.8 Å². The molecule has 1 unspecified atom stereocenters. The minimum absolute atomic E-state index is 0.0998. The minimum atomic E-state index is -0.430. The topological polar surface area (TPSA) is 95.1 Å². The second-order valence-corrected chi connectivity index (χ2v) is 6.81. The first kappa shape index (κ1) is 19.6. The number of hydrogen-bond donors (Lipinski definition) is 3. The fourth-order valence-electron chi connectivity index (χ4n) is 3.00. The Hall–Kier alpha value is -3.12. The third-order valence-electron chi connectivity index (χ3n) is 4.32. The normalized spacial score (nSPS) is 11.8. The lowest BCUT2D eigenvalue weighted by atomic mass is 9.88. The Morgan fingerprint density at radius 1 is 1.11 bits per heavy atom. The quantitative estimate of drug-likeness (QED) is 0.571. The SMILES string of the molecule is O=C(CC(c1ccccc1)c1ccc(Cl)cc1)NCCc1nc(O)cc(=O)[nH]1. The summed E-state index contributed by atoms with van der Waals surface area (Å²) in [5.74, 6) is -0.233. The van der Waals surface area contributed by atoms with Crippen LogP contribution in [0.15, 0.2) is 65.5 Å². The third kappa shape index (κ3) is 5.44. The van der Waals surface area contributed by atoms with Crippen LogP contribution in [0.2, 0.25) is 5.02 Å². The first-order chi connectivity index (χ1) is 13.5. The van der Waals surface area contributed by atoms with E-state index in [2.05, 4.69) is 15.3 Å². The molecule has 2 aromatic carbocycles. The van der Waals surface area contributed by atoms with Crippen LogP contribution in [0.4, 0.5) is 0 Å². The highest BCUT2D eigenvalue weighted by atomic mass is 35.5. The number of carbonyl (C=O) groups is 1. The van der Waals surface area contributed by atoms with Crippen LogP contribution < -0.4 is 10.9 Å². The van der Waals surface area contributed by atoms with Crippen LogP contribution in [0.25, 0.3) is 0 Å². The van der Waals surface area contributed by atoms with Crippen LogP contribution in [0.5, 0.6) is 5.88 Å². The molecule has 6 nitrogen and oxygen atoms in total. The lowest BCUT2D eigenvalue weighted by Gasteiger charge is -2.18. The molecule has 1 aromatic heterocycles. The number of nitrogens with one attached hydrogen (secondary N) is 2. The van der Waals surface area contributed by atoms with Crippen LogP contribution in [-0.4, -0.2) is 27.5 Å². The monoisotopic (exact) mass is 397 g/mol. The minimum Gasteiger partial charge on any atom is -0.493 e. The molecule has 0 aliphatic carbocycles. The van der Waals surface area contributed by atoms with Crippen LogP contribution >= 0.6 is 11.6 Å². The van der Waals surface area contributed by atoms with E-state index in [9.17, 15) is 14.7 Å². The van der Waals surface area contributed by atoms with E-state index in [0.29, 0.717) is 23.8 Å². The van der Waals surface area contributed by atoms with E-state index in [1.54, 1.807) is 0 Å². The maximum Gasteiger partial charge on any atom is 0.254 e. The van der Waals surface area contributed by atoms with Gasteiger partial charge in [-0.3, -0.25) is 9.59 Å². The van der Waals surface area contributed by atoms with Crippen molar-refractivity contribution < 1.29 is 9.90 Å². The molecule has 0 aliphatic heterocycles. The molecule has 0 bridgehead atoms. The number of aromatic nitrogens is 2. The first-order valence-electron chi connectivity index (χ1n) is 8.87. The Morgan fingerprint density at radius 2 is 1.79 bits per heavy atom. The summed E-state index contributed by atoms with van der Waals surface area (Å²) in [4.78, 5) is 30.2. The summed E-state index contributed by atoms with van der Waals surface area (Å²) in [6.45, 7) is 0.299. The van der Waals surface area contributed by atoms with E-state index in [-0.39, 0.29) is 24.1 Å². The molecule has 0 saturated carbocycles. The van der Waals surface area contributed by atoms with Crippen molar-refractivity contribution in [1.29, 1.82) is 0 Å². The average Bonchev–Trinajstić information content (AvgIpc) is 2.67. The molecule has 3 rings (SSSR count). The highest BCUT2D eigenvalue weighted by Crippen LogP contribution is 2.28. The summed E-state index contributed by atoms with van der Waals surface area (Å²) < 4.78 is 0. The van der Waals surface area contributed by atoms with Crippen molar-refractivity contribution in [3.05, 3.63) is 93.0 Å². The van der Waals surface area contributed by atoms with Crippen LogP contribution in [0.1, 0.15) is 29.3 Å². The van der Waals surface area contributed by atoms with E-state index in [0.717, 1.165) is 17.2 Å². The highest BCUT2D eigenvalue weighted by Gasteiger charge is 2.18. The van der Waals surface area contributed by atoms with Gasteiger partial charge in [0, 0.05) is 30.3 Å². The lowest BCUT2D eigenvalue weighted by Crippen LogP contribution is -2.28. The van der Waals surface area contributed by atoms with Crippen LogP contribution in [0.3, 0.4) is 0 Å². The maximum atomic E-state index is 12.5. The molecule has 1 atom stereocenters. The second kappa shape index (κ2) is 9.19. The Bertz CT molecular complexity index is 988. The summed E-state index contributed by atoms with van der Waals surface area (Å²) in [7, 11) is 0. The molecular formula is C21H20ClN3O3. The molecule has 1 heterocycles. The van der Waals surface area contributed by atoms with Crippen molar-refractivity contribution in [2.75, 3.05) is 6.54 Å². The summed E-state index contributed by atoms with van der Waals surface area (Å²) in [6.07, 6.45) is 0.585. The zero-order valence-corrected chi connectivity index (χ0v) is 15.8. The predicted molar refractivity (Wildman–Crippen MR) is 108 cm³/mol. The molecular weight excluding hydrogens is 378 g/mol. The molecule has 3 aromatic rings. The van der Waals surface area contributed by atoms with Gasteiger partial charge in [-0.2, -0.15) is 0 Å². The summed E-state index contributed by atoms with van der Waals surface area (Å²) in [5, 5.41) is 12.9. The van der Waals surface area contributed by atoms with E-state index in [1.165, 1.54) is 0 Å². The zero-order chi connectivity index (χ0) is 19.9. The highest BCUT2D eigenvalue weighted by molar-refractivity contribution is 6.30. The lowest BCUT2D eigenvalue weighted by molar-refractivity contribution is -0.121. The number of aromatic hydroxyl groups is 1. The average molecular weight is 398 g/mol. The van der Waals surface area contributed by atoms with Gasteiger partial charge in [-0.05, 0) is 23.3 Å². The van der Waals surface area contributed by atoms with Gasteiger partial charge in [-0.1, -0.05) is 54.1 Å². The number of halogens is 1. The van der Waals surface area contributed by atoms with E-state index < -0.39 is 5.56 Å². The van der Waals surface area contributed by atoms with Crippen LogP contribution in [-0.2, 0) is 11.2 Å². The van der Waals surface area contributed by atoms with E-state index >= 15 is 0 Å². The van der Waals surface area contributed by atoms with E-state index in [4.69, 9.17) is 11.6 Å². The Labute approximate surface area is 167 Å². The number of H-pyrrole nitrogens is 1. The van der Waals surface area contributed by atoms with Gasteiger partial charge in [0.15, 0.2) is 0 Å². The van der Waals surface area contributed by atoms with Crippen molar-refractivity contribution in [3.8, 4) is 5.88 Å². The van der Waals surface area contributed by atoms with Crippen LogP contribution in [0, 0.1) is 0 Å². The smallest absolute Gasteiger partial charge is 0.254 e. The number of hydrogen-bond acceptors (Lipinski definition) is 4. The van der Waals surface area contributed by atoms with Gasteiger partial charge < -0.3 is 15.4 Å². The molecule has 7 heteroatoms. The third-order valence-corrected chi connectivity index (χ3v) is 4.58. The summed E-state index contributed by atoms with van der Waals surface area (Å²) >= 11 is 5.99. The van der Waals surface area contributed by atoms with Gasteiger partial charge in [-0.25, -0.2) is 4.98 Å². The van der Waals surface area contributed by atoms with Crippen molar-refractivity contribution in [1.82, 2.24) is 15.3 Å². The standard InChI is InChI=1S/C21H20ClN3O3/c22-16-8-6-15(7-9-16)17(14-4-2-1-3-5-14)12-19(26)23-11-10-18-24-20(27)13-21(28)25-18/h1-9,13,17H,10-12H2,(H,23,26)(H2,24,25,27,28). The second-order valence-electron chi connectivity index (χ2n) is 6.37. The molecule has 0 saturated heterocycles. The molecule has 1 amide bonds. The van der Waals surface area contributed by atoms with Gasteiger partial charge in [0.25, 0.3) is 5.56 Å². The Kier molecular flexibility index (Phi) is 6.45. The zero-order valence-electron chi connectivity index (χ0n) is 15.1. The van der Waals surface area contributed by atoms with Gasteiger partial charge in [0.1, 0.15) is 5.82 Å². The van der Waals surface area contributed by atoms with Gasteiger partial charge in [0.05, 0.1) is 6.07 Å². The fourth-order valence-corrected chi connectivity index (χ4v) is 3.12. The molecule has 3 N–H and O–H groups in total. The number of amides is 1. The fraction of sp³-hybridized carbons (Fsp3) is 0.190. The van der Waals surface area contributed by atoms with Crippen molar-refractivity contribution >= 4 is 17.5 Å². The van der Waals surface area contributed by atoms with Crippen molar-refractivity contribution in [3.63, 3.8) is 0 Å². The molecule has 28 heavy (non-hydrogen) atoms. The van der Waals surface area contributed by atoms with Crippen molar-refractivity contribution in [2.45, 2.75) is 18.8 Å². The Balaban J connectivity index is 1.66. The molecule has 0 spiro atoms. The van der Waals surface area contributed by atoms with Crippen molar-refractivity contribution in [2.24, 2.45) is 0 Å². The predicted octanol–water partition coefficient (Wildman–Crippen LogP) is 3.01. The number of carbonyl (C=O) groups excluding carboxylic acids is 1. The molecule has 0 fully saturated rings. The largest absolute Gasteiger partial charge is 0.493 e. The van der Waals surface area contributed by atoms with Gasteiger partial charge >= 0.3 is 0 Å². The number of benzene rings is 2. The number of nitrogens with zero attached hydrogens (tertiary/aromatic N) is 1.